The summed E-state index contributed by atoms with van der Waals surface area (Å²) in [6, 6.07) is 7.43. The molecule has 0 radical (unpaired) electrons. The molecule has 3 rings (SSSR count). The Bertz CT molecular complexity index is 745. The maximum Gasteiger partial charge on any atom is 0.356 e. The number of hydrogen-bond acceptors (Lipinski definition) is 4. The number of aromatic nitrogens is 3. The maximum absolute atomic E-state index is 10.9. The van der Waals surface area contributed by atoms with Crippen molar-refractivity contribution in [3.63, 3.8) is 0 Å². The number of rotatable bonds is 2. The second-order valence-corrected chi connectivity index (χ2v) is 4.76. The van der Waals surface area contributed by atoms with E-state index in [1.807, 2.05) is 18.2 Å². The van der Waals surface area contributed by atoms with Crippen LogP contribution >= 0.6 is 11.3 Å². The lowest BCUT2D eigenvalue weighted by atomic mass is 10.1. The van der Waals surface area contributed by atoms with Gasteiger partial charge >= 0.3 is 5.97 Å². The smallest absolute Gasteiger partial charge is 0.356 e. The van der Waals surface area contributed by atoms with Crippen molar-refractivity contribution in [1.29, 1.82) is 0 Å². The minimum atomic E-state index is -1.02. The summed E-state index contributed by atoms with van der Waals surface area (Å²) in [5.41, 5.74) is 4.43. The highest BCUT2D eigenvalue weighted by molar-refractivity contribution is 7.16. The Hall–Kier alpha value is -2.21. The van der Waals surface area contributed by atoms with Crippen LogP contribution in [-0.2, 0) is 7.05 Å². The largest absolute Gasteiger partial charge is 0.476 e. The molecule has 3 aromatic rings. The van der Waals surface area contributed by atoms with Gasteiger partial charge < -0.3 is 5.11 Å². The van der Waals surface area contributed by atoms with Gasteiger partial charge in [-0.2, -0.15) is 5.10 Å². The molecule has 0 saturated heterocycles. The minimum Gasteiger partial charge on any atom is -0.476 e. The van der Waals surface area contributed by atoms with Crippen LogP contribution in [-0.4, -0.2) is 25.8 Å². The van der Waals surface area contributed by atoms with E-state index in [2.05, 4.69) is 10.1 Å². The molecule has 0 fully saturated rings. The van der Waals surface area contributed by atoms with E-state index in [9.17, 15) is 4.79 Å². The summed E-state index contributed by atoms with van der Waals surface area (Å²) >= 11 is 1.58. The normalized spacial score (nSPS) is 10.9. The van der Waals surface area contributed by atoms with Crippen LogP contribution in [0.15, 0.2) is 29.8 Å². The Morgan fingerprint density at radius 2 is 2.22 bits per heavy atom. The van der Waals surface area contributed by atoms with Crippen LogP contribution in [0.1, 0.15) is 10.5 Å². The molecule has 0 amide bonds. The molecule has 2 aromatic heterocycles. The summed E-state index contributed by atoms with van der Waals surface area (Å²) in [6.07, 6.45) is 0. The zero-order valence-electron chi connectivity index (χ0n) is 9.49. The van der Waals surface area contributed by atoms with Gasteiger partial charge in [-0.1, -0.05) is 6.07 Å². The predicted octanol–water partition coefficient (Wildman–Crippen LogP) is 2.40. The van der Waals surface area contributed by atoms with Gasteiger partial charge in [0.2, 0.25) is 0 Å². The fraction of sp³-hybridized carbons (Fsp3) is 0.0833. The fourth-order valence-corrected chi connectivity index (χ4v) is 2.52. The molecule has 0 spiro atoms. The number of thiazole rings is 1. The van der Waals surface area contributed by atoms with E-state index in [1.165, 1.54) is 0 Å². The van der Waals surface area contributed by atoms with E-state index in [0.29, 0.717) is 0 Å². The van der Waals surface area contributed by atoms with Crippen LogP contribution in [0.4, 0.5) is 0 Å². The Morgan fingerprint density at radius 1 is 1.39 bits per heavy atom. The number of fused-ring (bicyclic) bond motifs is 1. The van der Waals surface area contributed by atoms with Gasteiger partial charge in [0.15, 0.2) is 5.69 Å². The lowest BCUT2D eigenvalue weighted by molar-refractivity contribution is 0.0689. The van der Waals surface area contributed by atoms with Crippen molar-refractivity contribution in [1.82, 2.24) is 14.8 Å². The number of benzene rings is 1. The first-order valence-electron chi connectivity index (χ1n) is 5.26. The number of carboxylic acids is 1. The Kier molecular flexibility index (Phi) is 2.38. The lowest BCUT2D eigenvalue weighted by Crippen LogP contribution is -1.99. The Labute approximate surface area is 106 Å². The number of carboxylic acid groups (broad SMARTS) is 1. The van der Waals surface area contributed by atoms with Crippen LogP contribution in [0.3, 0.4) is 0 Å². The van der Waals surface area contributed by atoms with Crippen LogP contribution in [0.25, 0.3) is 21.5 Å². The summed E-state index contributed by atoms with van der Waals surface area (Å²) in [5.74, 6) is -1.02. The zero-order chi connectivity index (χ0) is 12.7. The second-order valence-electron chi connectivity index (χ2n) is 3.88. The van der Waals surface area contributed by atoms with Gasteiger partial charge in [-0.25, -0.2) is 9.78 Å². The van der Waals surface area contributed by atoms with Crippen LogP contribution in [0, 0.1) is 0 Å². The minimum absolute atomic E-state index is 0.0471. The Balaban J connectivity index is 2.15. The molecule has 90 valence electrons. The van der Waals surface area contributed by atoms with Gasteiger partial charge in [-0.3, -0.25) is 4.68 Å². The van der Waals surface area contributed by atoms with E-state index in [1.54, 1.807) is 34.6 Å². The van der Waals surface area contributed by atoms with Gasteiger partial charge in [0.1, 0.15) is 0 Å². The van der Waals surface area contributed by atoms with Gasteiger partial charge in [0, 0.05) is 12.6 Å². The second kappa shape index (κ2) is 3.92. The quantitative estimate of drug-likeness (QED) is 0.767. The third-order valence-electron chi connectivity index (χ3n) is 2.73. The number of aryl methyl sites for hydroxylation is 1. The molecule has 1 N–H and O–H groups in total. The average Bonchev–Trinajstić information content (AvgIpc) is 2.93. The molecule has 0 aliphatic rings. The van der Waals surface area contributed by atoms with E-state index in [4.69, 9.17) is 5.11 Å². The van der Waals surface area contributed by atoms with Crippen LogP contribution in [0.2, 0.25) is 0 Å². The van der Waals surface area contributed by atoms with Crippen molar-refractivity contribution in [3.05, 3.63) is 35.5 Å². The molecule has 0 saturated carbocycles. The highest BCUT2D eigenvalue weighted by atomic mass is 32.1. The van der Waals surface area contributed by atoms with Crippen molar-refractivity contribution in [3.8, 4) is 11.3 Å². The van der Waals surface area contributed by atoms with E-state index >= 15 is 0 Å². The Morgan fingerprint density at radius 3 is 2.94 bits per heavy atom. The van der Waals surface area contributed by atoms with Crippen LogP contribution < -0.4 is 0 Å². The molecule has 0 bridgehead atoms. The molecule has 1 aromatic carbocycles. The molecule has 2 heterocycles. The van der Waals surface area contributed by atoms with Crippen molar-refractivity contribution >= 4 is 27.5 Å². The number of aromatic carboxylic acids is 1. The standard InChI is InChI=1S/C12H9N3O2S/c1-15-10(5-9(14-15)12(16)17)7-2-3-11-8(4-7)13-6-18-11/h2-6H,1H3,(H,16,17). The monoisotopic (exact) mass is 259 g/mol. The molecule has 0 unspecified atom stereocenters. The third-order valence-corrected chi connectivity index (χ3v) is 3.54. The maximum atomic E-state index is 10.9. The summed E-state index contributed by atoms with van der Waals surface area (Å²) in [7, 11) is 1.73. The highest BCUT2D eigenvalue weighted by Gasteiger charge is 2.13. The first-order valence-corrected chi connectivity index (χ1v) is 6.14. The van der Waals surface area contributed by atoms with Crippen molar-refractivity contribution in [2.75, 3.05) is 0 Å². The summed E-state index contributed by atoms with van der Waals surface area (Å²) in [4.78, 5) is 15.1. The molecule has 5 nitrogen and oxygen atoms in total. The molecule has 18 heavy (non-hydrogen) atoms. The zero-order valence-corrected chi connectivity index (χ0v) is 10.3. The molecule has 0 aliphatic carbocycles. The van der Waals surface area contributed by atoms with Gasteiger partial charge in [0.25, 0.3) is 0 Å². The average molecular weight is 259 g/mol. The molecule has 0 atom stereocenters. The molecule has 0 aliphatic heterocycles. The molecule has 6 heteroatoms. The van der Waals surface area contributed by atoms with Gasteiger partial charge in [-0.05, 0) is 18.2 Å². The SMILES string of the molecule is Cn1nc(C(=O)O)cc1-c1ccc2scnc2c1. The third kappa shape index (κ3) is 1.67. The topological polar surface area (TPSA) is 68.0 Å². The highest BCUT2D eigenvalue weighted by Crippen LogP contribution is 2.26. The summed E-state index contributed by atoms with van der Waals surface area (Å²) < 4.78 is 2.68. The number of nitrogens with zero attached hydrogens (tertiary/aromatic N) is 3. The van der Waals surface area contributed by atoms with Gasteiger partial charge in [-0.15, -0.1) is 11.3 Å². The number of carbonyl (C=O) groups is 1. The van der Waals surface area contributed by atoms with Crippen LogP contribution in [0.5, 0.6) is 0 Å². The lowest BCUT2D eigenvalue weighted by Gasteiger charge is -2.01. The fourth-order valence-electron chi connectivity index (χ4n) is 1.86. The predicted molar refractivity (Wildman–Crippen MR) is 68.8 cm³/mol. The van der Waals surface area contributed by atoms with Crippen molar-refractivity contribution in [2.45, 2.75) is 0 Å². The van der Waals surface area contributed by atoms with Crippen molar-refractivity contribution in [2.24, 2.45) is 7.05 Å². The first kappa shape index (κ1) is 10.9. The molecular formula is C12H9N3O2S. The molecular weight excluding hydrogens is 250 g/mol. The number of hydrogen-bond donors (Lipinski definition) is 1. The summed E-state index contributed by atoms with van der Waals surface area (Å²) in [6.45, 7) is 0. The summed E-state index contributed by atoms with van der Waals surface area (Å²) in [5, 5.41) is 12.9. The van der Waals surface area contributed by atoms with E-state index in [-0.39, 0.29) is 5.69 Å². The first-order chi connectivity index (χ1) is 8.65. The van der Waals surface area contributed by atoms with E-state index in [0.717, 1.165) is 21.5 Å². The van der Waals surface area contributed by atoms with E-state index < -0.39 is 5.97 Å². The van der Waals surface area contributed by atoms with Crippen molar-refractivity contribution < 1.29 is 9.90 Å². The van der Waals surface area contributed by atoms with Gasteiger partial charge in [0.05, 0.1) is 21.4 Å².